The number of nitrogens with one attached hydrogen (secondary N) is 2. The zero-order valence-electron chi connectivity index (χ0n) is 30.6. The van der Waals surface area contributed by atoms with Gasteiger partial charge in [0, 0.05) is 62.8 Å². The summed E-state index contributed by atoms with van der Waals surface area (Å²) >= 11 is 0. The highest BCUT2D eigenvalue weighted by Gasteiger charge is 2.50. The van der Waals surface area contributed by atoms with Gasteiger partial charge in [-0.25, -0.2) is 0 Å². The third-order valence-electron chi connectivity index (χ3n) is 11.5. The minimum atomic E-state index is -0.291. The molecular formula is C42H48N6O5. The quantitative estimate of drug-likeness (QED) is 0.245. The highest BCUT2D eigenvalue weighted by molar-refractivity contribution is 6.04. The van der Waals surface area contributed by atoms with E-state index in [1.165, 1.54) is 5.56 Å². The van der Waals surface area contributed by atoms with Crippen molar-refractivity contribution in [3.8, 4) is 0 Å². The number of piperidine rings is 1. The van der Waals surface area contributed by atoms with Crippen LogP contribution in [0, 0.1) is 0 Å². The molecule has 11 heteroatoms. The summed E-state index contributed by atoms with van der Waals surface area (Å²) in [6, 6.07) is 28.0. The first-order chi connectivity index (χ1) is 25.8. The number of amides is 3. The molecule has 2 N–H and O–H groups in total. The summed E-state index contributed by atoms with van der Waals surface area (Å²) in [6.07, 6.45) is 2.27. The fourth-order valence-electron chi connectivity index (χ4n) is 8.12. The standard InChI is InChI=1S/C42H48N6O5/c1-45(2)41(51)34-7-3-30(4-8-34)24-47-21-22-48-37(15-16-38(48)42(47)27-53-28-42)40(50)43-23-29-5-13-35(14-6-29)44-39(49)33-11-9-31(10-12-33)32-17-19-46(20-18-32)36-25-52-26-36/h3-16,32,36H,17-28H2,1-2H3,(H,43,50)(H,44,49). The minimum Gasteiger partial charge on any atom is -0.378 e. The summed E-state index contributed by atoms with van der Waals surface area (Å²) < 4.78 is 13.2. The third kappa shape index (κ3) is 7.14. The average molecular weight is 717 g/mol. The molecule has 3 fully saturated rings. The van der Waals surface area contributed by atoms with Crippen molar-refractivity contribution in [2.24, 2.45) is 0 Å². The van der Waals surface area contributed by atoms with Crippen LogP contribution in [-0.2, 0) is 34.6 Å². The number of carbonyl (C=O) groups is 3. The summed E-state index contributed by atoms with van der Waals surface area (Å²) in [5, 5.41) is 6.10. The monoisotopic (exact) mass is 716 g/mol. The number of anilines is 1. The van der Waals surface area contributed by atoms with E-state index >= 15 is 0 Å². The largest absolute Gasteiger partial charge is 0.378 e. The Hall–Kier alpha value is -4.81. The second-order valence-electron chi connectivity index (χ2n) is 15.1. The Morgan fingerprint density at radius 3 is 2.06 bits per heavy atom. The van der Waals surface area contributed by atoms with Crippen LogP contribution in [0.5, 0.6) is 0 Å². The van der Waals surface area contributed by atoms with Crippen LogP contribution >= 0.6 is 0 Å². The molecular weight excluding hydrogens is 668 g/mol. The number of benzene rings is 3. The first-order valence-corrected chi connectivity index (χ1v) is 18.7. The molecule has 5 heterocycles. The normalized spacial score (nSPS) is 18.8. The lowest BCUT2D eigenvalue weighted by Gasteiger charge is -2.53. The number of ether oxygens (including phenoxy) is 2. The van der Waals surface area contributed by atoms with E-state index in [-0.39, 0.29) is 23.3 Å². The fraction of sp³-hybridized carbons (Fsp3) is 0.405. The minimum absolute atomic E-state index is 0.0121. The van der Waals surface area contributed by atoms with Crippen molar-refractivity contribution < 1.29 is 23.9 Å². The lowest BCUT2D eigenvalue weighted by Crippen LogP contribution is -2.63. The molecule has 3 aromatic carbocycles. The second-order valence-corrected chi connectivity index (χ2v) is 15.1. The zero-order valence-corrected chi connectivity index (χ0v) is 30.6. The van der Waals surface area contributed by atoms with Crippen LogP contribution in [0.15, 0.2) is 84.9 Å². The van der Waals surface area contributed by atoms with Crippen LogP contribution in [0.1, 0.15) is 72.3 Å². The molecule has 276 valence electrons. The van der Waals surface area contributed by atoms with E-state index in [1.807, 2.05) is 66.7 Å². The molecule has 11 nitrogen and oxygen atoms in total. The highest BCUT2D eigenvalue weighted by Crippen LogP contribution is 2.41. The molecule has 0 atom stereocenters. The molecule has 4 aromatic rings. The summed E-state index contributed by atoms with van der Waals surface area (Å²) in [6.45, 7) is 7.64. The SMILES string of the molecule is CN(C)C(=O)c1ccc(CN2CCn3c(C(=O)NCc4ccc(NC(=O)c5ccc(C6CCN(C7COC7)CC6)cc5)cc4)ccc3C23COC3)cc1. The fourth-order valence-corrected chi connectivity index (χ4v) is 8.12. The van der Waals surface area contributed by atoms with E-state index in [9.17, 15) is 14.4 Å². The van der Waals surface area contributed by atoms with Gasteiger partial charge in [0.15, 0.2) is 0 Å². The Bertz CT molecular complexity index is 1940. The number of hydrogen-bond donors (Lipinski definition) is 2. The van der Waals surface area contributed by atoms with Crippen LogP contribution in [0.4, 0.5) is 5.69 Å². The van der Waals surface area contributed by atoms with Gasteiger partial charge in [-0.2, -0.15) is 0 Å². The molecule has 8 rings (SSSR count). The first-order valence-electron chi connectivity index (χ1n) is 18.7. The van der Waals surface area contributed by atoms with Gasteiger partial charge in [-0.1, -0.05) is 36.4 Å². The first kappa shape index (κ1) is 35.2. The maximum atomic E-state index is 13.5. The van der Waals surface area contributed by atoms with Crippen molar-refractivity contribution >= 4 is 23.4 Å². The molecule has 1 spiro atoms. The third-order valence-corrected chi connectivity index (χ3v) is 11.5. The highest BCUT2D eigenvalue weighted by atomic mass is 16.5. The van der Waals surface area contributed by atoms with Gasteiger partial charge in [0.25, 0.3) is 17.7 Å². The van der Waals surface area contributed by atoms with Crippen LogP contribution in [0.25, 0.3) is 0 Å². The molecule has 1 aromatic heterocycles. The summed E-state index contributed by atoms with van der Waals surface area (Å²) in [5.41, 5.74) is 6.82. The Morgan fingerprint density at radius 2 is 1.43 bits per heavy atom. The molecule has 53 heavy (non-hydrogen) atoms. The number of rotatable bonds is 10. The predicted octanol–water partition coefficient (Wildman–Crippen LogP) is 4.69. The van der Waals surface area contributed by atoms with E-state index < -0.39 is 0 Å². The zero-order chi connectivity index (χ0) is 36.5. The van der Waals surface area contributed by atoms with Crippen molar-refractivity contribution in [3.63, 3.8) is 0 Å². The van der Waals surface area contributed by atoms with E-state index in [4.69, 9.17) is 9.47 Å². The molecule has 3 saturated heterocycles. The maximum absolute atomic E-state index is 13.5. The maximum Gasteiger partial charge on any atom is 0.268 e. The van der Waals surface area contributed by atoms with Crippen LogP contribution in [0.2, 0.25) is 0 Å². The summed E-state index contributed by atoms with van der Waals surface area (Å²) in [5.74, 6) is 0.253. The predicted molar refractivity (Wildman–Crippen MR) is 202 cm³/mol. The van der Waals surface area contributed by atoms with Crippen molar-refractivity contribution in [2.75, 3.05) is 65.5 Å². The van der Waals surface area contributed by atoms with E-state index in [1.54, 1.807) is 19.0 Å². The van der Waals surface area contributed by atoms with E-state index in [2.05, 4.69) is 43.2 Å². The van der Waals surface area contributed by atoms with Crippen LogP contribution < -0.4 is 10.6 Å². The number of aromatic nitrogens is 1. The number of hydrogen-bond acceptors (Lipinski definition) is 7. The number of fused-ring (bicyclic) bond motifs is 2. The van der Waals surface area contributed by atoms with Gasteiger partial charge in [0.05, 0.1) is 32.5 Å². The van der Waals surface area contributed by atoms with Crippen molar-refractivity contribution in [1.82, 2.24) is 24.6 Å². The lowest BCUT2D eigenvalue weighted by molar-refractivity contribution is -0.162. The Balaban J connectivity index is 0.834. The van der Waals surface area contributed by atoms with Gasteiger partial charge in [-0.15, -0.1) is 0 Å². The molecule has 0 radical (unpaired) electrons. The van der Waals surface area contributed by atoms with Gasteiger partial charge >= 0.3 is 0 Å². The van der Waals surface area contributed by atoms with Crippen molar-refractivity contribution in [1.29, 1.82) is 0 Å². The van der Waals surface area contributed by atoms with Crippen molar-refractivity contribution in [3.05, 3.63) is 124 Å². The van der Waals surface area contributed by atoms with Gasteiger partial charge in [0.1, 0.15) is 11.2 Å². The molecule has 3 amide bonds. The van der Waals surface area contributed by atoms with Crippen LogP contribution in [-0.4, -0.2) is 103 Å². The number of nitrogens with zero attached hydrogens (tertiary/aromatic N) is 4. The molecule has 0 saturated carbocycles. The number of carbonyl (C=O) groups excluding carboxylic acids is 3. The Labute approximate surface area is 310 Å². The second kappa shape index (κ2) is 14.9. The van der Waals surface area contributed by atoms with Gasteiger partial charge in [0.2, 0.25) is 0 Å². The number of likely N-dealkylation sites (tertiary alicyclic amines) is 1. The summed E-state index contributed by atoms with van der Waals surface area (Å²) in [7, 11) is 3.51. The molecule has 4 aliphatic rings. The molecule has 4 aliphatic heterocycles. The van der Waals surface area contributed by atoms with Gasteiger partial charge in [-0.3, -0.25) is 24.2 Å². The molecule has 0 unspecified atom stereocenters. The van der Waals surface area contributed by atoms with Crippen molar-refractivity contribution in [2.45, 2.75) is 50.0 Å². The Kier molecular flexibility index (Phi) is 9.91. The topological polar surface area (TPSA) is 108 Å². The summed E-state index contributed by atoms with van der Waals surface area (Å²) in [4.78, 5) is 45.4. The smallest absolute Gasteiger partial charge is 0.268 e. The average Bonchev–Trinajstić information content (AvgIpc) is 3.58. The van der Waals surface area contributed by atoms with Gasteiger partial charge in [-0.05, 0) is 97.1 Å². The van der Waals surface area contributed by atoms with E-state index in [0.29, 0.717) is 60.8 Å². The van der Waals surface area contributed by atoms with Gasteiger partial charge < -0.3 is 29.6 Å². The molecule has 0 aliphatic carbocycles. The lowest BCUT2D eigenvalue weighted by atomic mass is 9.88. The van der Waals surface area contributed by atoms with Crippen LogP contribution in [0.3, 0.4) is 0 Å². The molecule has 0 bridgehead atoms. The Morgan fingerprint density at radius 1 is 0.755 bits per heavy atom. The van der Waals surface area contributed by atoms with E-state index in [0.717, 1.165) is 69.1 Å².